The van der Waals surface area contributed by atoms with Gasteiger partial charge in [-0.05, 0) is 57.8 Å². The van der Waals surface area contributed by atoms with Gasteiger partial charge in [-0.3, -0.25) is 13.8 Å². The third-order valence-electron chi connectivity index (χ3n) is 10.9. The normalized spacial score (nSPS) is 23.9. The van der Waals surface area contributed by atoms with E-state index in [4.69, 9.17) is 9.05 Å². The van der Waals surface area contributed by atoms with E-state index in [-0.39, 0.29) is 6.42 Å². The van der Waals surface area contributed by atoms with Gasteiger partial charge in [0.2, 0.25) is 5.91 Å². The van der Waals surface area contributed by atoms with Crippen molar-refractivity contribution in [3.63, 3.8) is 0 Å². The van der Waals surface area contributed by atoms with E-state index >= 15 is 0 Å². The third kappa shape index (κ3) is 27.2. The molecule has 0 aliphatic heterocycles. The number of rotatable bonds is 37. The number of hydrogen-bond donors (Lipinski definition) is 9. The lowest BCUT2D eigenvalue weighted by Gasteiger charge is -2.41. The van der Waals surface area contributed by atoms with E-state index in [1.807, 2.05) is 0 Å². The van der Waals surface area contributed by atoms with E-state index in [9.17, 15) is 50.0 Å². The minimum Gasteiger partial charge on any atom is -0.393 e. The summed E-state index contributed by atoms with van der Waals surface area (Å²) in [5.41, 5.74) is 0. The Balaban J connectivity index is 2.58. The zero-order valence-electron chi connectivity index (χ0n) is 36.4. The number of allylic oxidation sites excluding steroid dienone is 5. The average Bonchev–Trinajstić information content (AvgIpc) is 3.21. The molecule has 1 amide bonds. The summed E-state index contributed by atoms with van der Waals surface area (Å²) in [5, 5.41) is 74.3. The summed E-state index contributed by atoms with van der Waals surface area (Å²) in [6, 6.07) is -1.26. The monoisotopic (exact) mass is 862 g/mol. The van der Waals surface area contributed by atoms with Gasteiger partial charge >= 0.3 is 7.82 Å². The first-order chi connectivity index (χ1) is 28.3. The maximum atomic E-state index is 12.9. The molecule has 13 nitrogen and oxygen atoms in total. The molecule has 1 rings (SSSR count). The van der Waals surface area contributed by atoms with Crippen LogP contribution in [0.15, 0.2) is 36.5 Å². The van der Waals surface area contributed by atoms with Crippen molar-refractivity contribution in [3.8, 4) is 0 Å². The first-order valence-corrected chi connectivity index (χ1v) is 24.5. The maximum Gasteiger partial charge on any atom is 0.472 e. The lowest BCUT2D eigenvalue weighted by Crippen LogP contribution is -2.64. The lowest BCUT2D eigenvalue weighted by molar-refractivity contribution is -0.220. The van der Waals surface area contributed by atoms with Crippen LogP contribution in [0.3, 0.4) is 0 Å². The number of carbonyl (C=O) groups excluding carboxylic acids is 1. The highest BCUT2D eigenvalue weighted by molar-refractivity contribution is 7.47. The highest BCUT2D eigenvalue weighted by Crippen LogP contribution is 2.47. The number of unbranched alkanes of at least 4 members (excludes halogenated alkanes) is 20. The van der Waals surface area contributed by atoms with Crippen LogP contribution in [-0.2, 0) is 18.4 Å². The molecule has 59 heavy (non-hydrogen) atoms. The zero-order chi connectivity index (χ0) is 43.7. The number of aliphatic hydroxyl groups is 7. The maximum absolute atomic E-state index is 12.9. The smallest absolute Gasteiger partial charge is 0.393 e. The van der Waals surface area contributed by atoms with Gasteiger partial charge in [-0.25, -0.2) is 4.57 Å². The number of phosphoric acid groups is 1. The van der Waals surface area contributed by atoms with Crippen molar-refractivity contribution in [2.24, 2.45) is 0 Å². The van der Waals surface area contributed by atoms with Crippen molar-refractivity contribution in [2.75, 3.05) is 6.61 Å². The van der Waals surface area contributed by atoms with Crippen LogP contribution < -0.4 is 5.32 Å². The van der Waals surface area contributed by atoms with Gasteiger partial charge in [-0.1, -0.05) is 153 Å². The van der Waals surface area contributed by atoms with E-state index in [1.54, 1.807) is 6.08 Å². The van der Waals surface area contributed by atoms with Crippen molar-refractivity contribution in [2.45, 2.75) is 236 Å². The van der Waals surface area contributed by atoms with Gasteiger partial charge in [0.15, 0.2) is 0 Å². The largest absolute Gasteiger partial charge is 0.472 e. The minimum atomic E-state index is -5.15. The van der Waals surface area contributed by atoms with Gasteiger partial charge in [-0.15, -0.1) is 0 Å². The van der Waals surface area contributed by atoms with Gasteiger partial charge in [0.05, 0.1) is 31.3 Å². The van der Waals surface area contributed by atoms with Gasteiger partial charge in [0.1, 0.15) is 36.6 Å². The second-order valence-corrected chi connectivity index (χ2v) is 17.8. The fourth-order valence-corrected chi connectivity index (χ4v) is 8.10. The Hall–Kier alpha value is -1.48. The van der Waals surface area contributed by atoms with Crippen LogP contribution in [0.1, 0.15) is 181 Å². The summed E-state index contributed by atoms with van der Waals surface area (Å²) < 4.78 is 22.8. The van der Waals surface area contributed by atoms with E-state index in [2.05, 4.69) is 43.5 Å². The molecular weight excluding hydrogens is 777 g/mol. The topological polar surface area (TPSA) is 226 Å². The summed E-state index contributed by atoms with van der Waals surface area (Å²) in [6.07, 6.45) is 25.4. The molecule has 0 saturated heterocycles. The summed E-state index contributed by atoms with van der Waals surface area (Å²) in [4.78, 5) is 23.4. The predicted molar refractivity (Wildman–Crippen MR) is 233 cm³/mol. The molecule has 0 aromatic heterocycles. The first-order valence-electron chi connectivity index (χ1n) is 23.0. The Kier molecular flexibility index (Phi) is 33.0. The number of carbonyl (C=O) groups is 1. The molecular formula is C45H84NO12P. The Morgan fingerprint density at radius 3 is 1.53 bits per heavy atom. The number of phosphoric ester groups is 1. The quantitative estimate of drug-likeness (QED) is 0.0170. The van der Waals surface area contributed by atoms with Gasteiger partial charge in [0, 0.05) is 0 Å². The highest BCUT2D eigenvalue weighted by atomic mass is 31.2. The fourth-order valence-electron chi connectivity index (χ4n) is 7.13. The van der Waals surface area contributed by atoms with Crippen LogP contribution >= 0.6 is 7.82 Å². The van der Waals surface area contributed by atoms with Crippen LogP contribution in [0.25, 0.3) is 0 Å². The molecule has 0 spiro atoms. The molecule has 1 saturated carbocycles. The van der Waals surface area contributed by atoms with Crippen LogP contribution in [0.2, 0.25) is 0 Å². The summed E-state index contributed by atoms with van der Waals surface area (Å²) in [6.45, 7) is 3.68. The van der Waals surface area contributed by atoms with Crippen molar-refractivity contribution in [3.05, 3.63) is 36.5 Å². The molecule has 0 aromatic rings. The second-order valence-electron chi connectivity index (χ2n) is 16.4. The molecule has 0 heterocycles. The molecule has 0 radical (unpaired) electrons. The highest BCUT2D eigenvalue weighted by Gasteiger charge is 2.51. The van der Waals surface area contributed by atoms with E-state index in [0.29, 0.717) is 12.8 Å². The summed E-state index contributed by atoms with van der Waals surface area (Å²) in [5.74, 6) is -0.614. The van der Waals surface area contributed by atoms with Crippen LogP contribution in [0.5, 0.6) is 0 Å². The molecule has 8 unspecified atom stereocenters. The van der Waals surface area contributed by atoms with Crippen LogP contribution in [0.4, 0.5) is 0 Å². The minimum absolute atomic E-state index is 0.264. The van der Waals surface area contributed by atoms with Crippen molar-refractivity contribution in [1.82, 2.24) is 5.32 Å². The first kappa shape index (κ1) is 55.5. The van der Waals surface area contributed by atoms with Crippen molar-refractivity contribution >= 4 is 13.7 Å². The summed E-state index contributed by atoms with van der Waals surface area (Å²) >= 11 is 0. The molecule has 8 atom stereocenters. The van der Waals surface area contributed by atoms with Gasteiger partial charge in [0.25, 0.3) is 0 Å². The Labute approximate surface area is 356 Å². The molecule has 9 N–H and O–H groups in total. The van der Waals surface area contributed by atoms with Gasteiger partial charge in [-0.2, -0.15) is 0 Å². The molecule has 1 aliphatic rings. The Bertz CT molecular complexity index is 1160. The molecule has 1 fully saturated rings. The SMILES string of the molecule is CCCCC/C=C\CCCCCC(O)CC(=O)NC(COP(=O)(O)OC1C(O)C(O)C(O)C(O)C1O)C(O)/C=C/CC/C=C/CCCCCCCCCCCCCCC. The zero-order valence-corrected chi connectivity index (χ0v) is 37.3. The predicted octanol–water partition coefficient (Wildman–Crippen LogP) is 7.36. The van der Waals surface area contributed by atoms with Crippen molar-refractivity contribution < 1.29 is 59.0 Å². The van der Waals surface area contributed by atoms with Crippen LogP contribution in [0, 0.1) is 0 Å². The molecule has 14 heteroatoms. The Morgan fingerprint density at radius 1 is 0.593 bits per heavy atom. The molecule has 0 bridgehead atoms. The molecule has 1 aliphatic carbocycles. The standard InChI is InChI=1S/C45H84NO12P/c1-3-5-7-9-11-13-15-16-17-18-19-20-21-22-23-25-27-29-31-33-38(48)37(35-57-59(55,56)58-45-43(53)41(51)40(50)42(52)44(45)54)46-39(49)34-36(47)32-30-28-26-24-14-12-10-8-6-4-2/h12,14,23,25,31,33,36-38,40-45,47-48,50-54H,3-11,13,15-22,24,26-30,32,34-35H2,1-2H3,(H,46,49)(H,55,56)/b14-12-,25-23+,33-31+. The molecule has 346 valence electrons. The van der Waals surface area contributed by atoms with Gasteiger partial charge < -0.3 is 46.0 Å². The second kappa shape index (κ2) is 35.0. The number of amides is 1. The van der Waals surface area contributed by atoms with E-state index in [0.717, 1.165) is 51.4 Å². The Morgan fingerprint density at radius 2 is 1.00 bits per heavy atom. The average molecular weight is 862 g/mol. The molecule has 0 aromatic carbocycles. The van der Waals surface area contributed by atoms with Crippen LogP contribution in [-0.4, -0.2) is 108 Å². The lowest BCUT2D eigenvalue weighted by atomic mass is 9.85. The number of nitrogens with one attached hydrogen (secondary N) is 1. The summed E-state index contributed by atoms with van der Waals surface area (Å²) in [7, 11) is -5.15. The third-order valence-corrected chi connectivity index (χ3v) is 11.9. The number of aliphatic hydroxyl groups excluding tert-OH is 7. The van der Waals surface area contributed by atoms with E-state index < -0.39 is 75.2 Å². The van der Waals surface area contributed by atoms with Crippen molar-refractivity contribution in [1.29, 1.82) is 0 Å². The number of hydrogen-bond acceptors (Lipinski definition) is 11. The van der Waals surface area contributed by atoms with E-state index in [1.165, 1.54) is 102 Å². The fraction of sp³-hybridized carbons (Fsp3) is 0.844.